The van der Waals surface area contributed by atoms with Crippen LogP contribution in [0.5, 0.6) is 0 Å². The van der Waals surface area contributed by atoms with Crippen LogP contribution in [0.1, 0.15) is 239 Å². The van der Waals surface area contributed by atoms with Gasteiger partial charge in [0.25, 0.3) is 0 Å². The Hall–Kier alpha value is -1.02. The lowest BCUT2D eigenvalue weighted by molar-refractivity contribution is -0.870. The second-order valence-corrected chi connectivity index (χ2v) is 20.0. The lowest BCUT2D eigenvalue weighted by atomic mass is 10.0. The summed E-state index contributed by atoms with van der Waals surface area (Å²) >= 11 is 0. The number of carbonyl (C=O) groups is 1. The third kappa shape index (κ3) is 44.8. The molecule has 0 aromatic heterocycles. The van der Waals surface area contributed by atoms with Gasteiger partial charge in [-0.25, -0.2) is 4.57 Å². The molecule has 0 aliphatic rings. The van der Waals surface area contributed by atoms with Crippen LogP contribution in [0.2, 0.25) is 0 Å². The average molecular weight is 856 g/mol. The quantitative estimate of drug-likeness (QED) is 0.0244. The Kier molecular flexibility index (Phi) is 41.6. The Morgan fingerprint density at radius 1 is 0.559 bits per heavy atom. The van der Waals surface area contributed by atoms with Crippen molar-refractivity contribution in [3.63, 3.8) is 0 Å². The van der Waals surface area contributed by atoms with Gasteiger partial charge >= 0.3 is 7.82 Å². The molecule has 9 heteroatoms. The Labute approximate surface area is 366 Å². The number of unbranched alkanes of at least 4 members (excludes halogenated alkanes) is 31. The zero-order chi connectivity index (χ0) is 43.6. The van der Waals surface area contributed by atoms with Crippen molar-refractivity contribution in [2.75, 3.05) is 40.9 Å². The van der Waals surface area contributed by atoms with E-state index in [0.29, 0.717) is 17.4 Å². The molecule has 3 N–H and O–H groups in total. The minimum Gasteiger partial charge on any atom is -0.387 e. The molecule has 0 bridgehead atoms. The molecular weight excluding hydrogens is 756 g/mol. The molecule has 0 aliphatic heterocycles. The summed E-state index contributed by atoms with van der Waals surface area (Å²) in [5.74, 6) is -0.186. The topological polar surface area (TPSA) is 105 Å². The van der Waals surface area contributed by atoms with Gasteiger partial charge in [0, 0.05) is 6.42 Å². The Balaban J connectivity index is 3.95. The lowest BCUT2D eigenvalue weighted by Gasteiger charge is -2.25. The standard InChI is InChI=1S/C50H99N2O6P/c1-6-8-10-12-14-16-17-18-19-20-21-22-23-24-25-26-27-28-29-30-31-32-33-34-35-36-38-40-42-44-50(54)51-48(47-58-59(55,56)57-46-45-52(3,4)5)49(53)43-41-39-37-15-13-11-9-7-2/h13,15,41,43,48-49,53H,6-12,14,16-40,42,44-47H2,1-5H3,(H-,51,54,55,56)/p+1/b15-13+,43-41+. The van der Waals surface area contributed by atoms with Crippen LogP contribution in [-0.4, -0.2) is 73.4 Å². The lowest BCUT2D eigenvalue weighted by Crippen LogP contribution is -2.45. The molecule has 8 nitrogen and oxygen atoms in total. The molecule has 0 saturated carbocycles. The number of phosphoric ester groups is 1. The summed E-state index contributed by atoms with van der Waals surface area (Å²) in [6.07, 6.45) is 51.6. The van der Waals surface area contributed by atoms with Crippen LogP contribution in [0.3, 0.4) is 0 Å². The summed E-state index contributed by atoms with van der Waals surface area (Å²) in [5, 5.41) is 13.7. The number of quaternary nitrogens is 1. The van der Waals surface area contributed by atoms with E-state index in [4.69, 9.17) is 9.05 Å². The molecule has 3 unspecified atom stereocenters. The van der Waals surface area contributed by atoms with Gasteiger partial charge in [-0.05, 0) is 25.7 Å². The maximum absolute atomic E-state index is 12.8. The Bertz CT molecular complexity index is 1020. The number of phosphoric acid groups is 1. The number of hydrogen-bond acceptors (Lipinski definition) is 5. The van der Waals surface area contributed by atoms with Crippen LogP contribution >= 0.6 is 7.82 Å². The van der Waals surface area contributed by atoms with Crippen molar-refractivity contribution in [1.29, 1.82) is 0 Å². The normalized spacial score (nSPS) is 14.4. The molecular formula is C50H100N2O6P+. The van der Waals surface area contributed by atoms with Crippen molar-refractivity contribution in [3.8, 4) is 0 Å². The van der Waals surface area contributed by atoms with E-state index in [1.807, 2.05) is 27.2 Å². The molecule has 1 amide bonds. The van der Waals surface area contributed by atoms with E-state index in [0.717, 1.165) is 38.5 Å². The maximum Gasteiger partial charge on any atom is 0.472 e. The number of allylic oxidation sites excluding steroid dienone is 3. The van der Waals surface area contributed by atoms with E-state index in [1.165, 1.54) is 180 Å². The van der Waals surface area contributed by atoms with E-state index in [-0.39, 0.29) is 19.1 Å². The number of aliphatic hydroxyl groups excluding tert-OH is 1. The number of nitrogens with zero attached hydrogens (tertiary/aromatic N) is 1. The van der Waals surface area contributed by atoms with Crippen molar-refractivity contribution in [3.05, 3.63) is 24.3 Å². The first-order chi connectivity index (χ1) is 28.5. The first-order valence-electron chi connectivity index (χ1n) is 25.2. The zero-order valence-electron chi connectivity index (χ0n) is 39.8. The highest BCUT2D eigenvalue weighted by molar-refractivity contribution is 7.47. The monoisotopic (exact) mass is 856 g/mol. The summed E-state index contributed by atoms with van der Waals surface area (Å²) in [4.78, 5) is 23.1. The molecule has 0 spiro atoms. The van der Waals surface area contributed by atoms with Crippen molar-refractivity contribution in [2.24, 2.45) is 0 Å². The van der Waals surface area contributed by atoms with Crippen LogP contribution < -0.4 is 5.32 Å². The van der Waals surface area contributed by atoms with Crippen LogP contribution in [0.4, 0.5) is 0 Å². The SMILES string of the molecule is CCCC/C=C/CC/C=C/C(O)C(COP(=O)(O)OCC[N+](C)(C)C)NC(=O)CCCCCCCCCCCCCCCCCCCCCCCCCCCCCCC. The fourth-order valence-corrected chi connectivity index (χ4v) is 8.13. The Morgan fingerprint density at radius 2 is 0.932 bits per heavy atom. The summed E-state index contributed by atoms with van der Waals surface area (Å²) in [6.45, 7) is 4.74. The minimum atomic E-state index is -4.34. The van der Waals surface area contributed by atoms with Gasteiger partial charge in [0.15, 0.2) is 0 Å². The average Bonchev–Trinajstić information content (AvgIpc) is 3.19. The highest BCUT2D eigenvalue weighted by Crippen LogP contribution is 2.43. The van der Waals surface area contributed by atoms with Crippen LogP contribution in [0.15, 0.2) is 24.3 Å². The first kappa shape index (κ1) is 58.0. The largest absolute Gasteiger partial charge is 0.472 e. The van der Waals surface area contributed by atoms with Gasteiger partial charge in [-0.15, -0.1) is 0 Å². The van der Waals surface area contributed by atoms with Gasteiger partial charge in [-0.2, -0.15) is 0 Å². The number of rotatable bonds is 46. The summed E-state index contributed by atoms with van der Waals surface area (Å²) in [7, 11) is 1.56. The van der Waals surface area contributed by atoms with Crippen molar-refractivity contribution < 1.29 is 32.9 Å². The molecule has 0 rings (SSSR count). The molecule has 0 saturated heterocycles. The van der Waals surface area contributed by atoms with Crippen molar-refractivity contribution in [1.82, 2.24) is 5.32 Å². The predicted octanol–water partition coefficient (Wildman–Crippen LogP) is 14.5. The van der Waals surface area contributed by atoms with Crippen LogP contribution in [0, 0.1) is 0 Å². The van der Waals surface area contributed by atoms with Gasteiger partial charge in [-0.3, -0.25) is 13.8 Å². The zero-order valence-corrected chi connectivity index (χ0v) is 40.7. The predicted molar refractivity (Wildman–Crippen MR) is 254 cm³/mol. The highest BCUT2D eigenvalue weighted by atomic mass is 31.2. The van der Waals surface area contributed by atoms with Gasteiger partial charge in [0.1, 0.15) is 13.2 Å². The smallest absolute Gasteiger partial charge is 0.387 e. The molecule has 0 heterocycles. The van der Waals surface area contributed by atoms with E-state index in [1.54, 1.807) is 6.08 Å². The van der Waals surface area contributed by atoms with E-state index >= 15 is 0 Å². The fourth-order valence-electron chi connectivity index (χ4n) is 7.40. The van der Waals surface area contributed by atoms with Gasteiger partial charge in [-0.1, -0.05) is 231 Å². The molecule has 0 fully saturated rings. The summed E-state index contributed by atoms with van der Waals surface area (Å²) in [5.41, 5.74) is 0. The number of likely N-dealkylation sites (N-methyl/N-ethyl adjacent to an activating group) is 1. The van der Waals surface area contributed by atoms with Crippen LogP contribution in [0.25, 0.3) is 0 Å². The fraction of sp³-hybridized carbons (Fsp3) is 0.900. The van der Waals surface area contributed by atoms with E-state index in [9.17, 15) is 19.4 Å². The summed E-state index contributed by atoms with van der Waals surface area (Å²) < 4.78 is 23.5. The molecule has 0 aromatic rings. The molecule has 0 radical (unpaired) electrons. The minimum absolute atomic E-state index is 0.0577. The molecule has 0 aromatic carbocycles. The van der Waals surface area contributed by atoms with E-state index < -0.39 is 20.0 Å². The second kappa shape index (κ2) is 42.3. The van der Waals surface area contributed by atoms with Gasteiger partial charge in [0.05, 0.1) is 39.9 Å². The third-order valence-corrected chi connectivity index (χ3v) is 12.4. The van der Waals surface area contributed by atoms with Crippen molar-refractivity contribution in [2.45, 2.75) is 251 Å². The number of hydrogen-bond donors (Lipinski definition) is 3. The second-order valence-electron chi connectivity index (χ2n) is 18.5. The third-order valence-electron chi connectivity index (χ3n) is 11.4. The molecule has 0 aliphatic carbocycles. The molecule has 59 heavy (non-hydrogen) atoms. The summed E-state index contributed by atoms with van der Waals surface area (Å²) in [6, 6.07) is -0.856. The van der Waals surface area contributed by atoms with Gasteiger partial charge < -0.3 is 19.8 Å². The highest BCUT2D eigenvalue weighted by Gasteiger charge is 2.27. The molecule has 3 atom stereocenters. The number of aliphatic hydroxyl groups is 1. The maximum atomic E-state index is 12.8. The van der Waals surface area contributed by atoms with Crippen LogP contribution in [-0.2, 0) is 18.4 Å². The number of nitrogens with one attached hydrogen (secondary N) is 1. The molecule has 350 valence electrons. The van der Waals surface area contributed by atoms with E-state index in [2.05, 4.69) is 31.3 Å². The van der Waals surface area contributed by atoms with Gasteiger partial charge in [0.2, 0.25) is 5.91 Å². The number of amides is 1. The first-order valence-corrected chi connectivity index (χ1v) is 26.7. The number of carbonyl (C=O) groups excluding carboxylic acids is 1. The Morgan fingerprint density at radius 3 is 1.34 bits per heavy atom. The van der Waals surface area contributed by atoms with Crippen molar-refractivity contribution >= 4 is 13.7 Å².